The number of amides is 1. The molecular weight excluding hydrogens is 449 g/mol. The van der Waals surface area contributed by atoms with Crippen LogP contribution in [0.1, 0.15) is 46.5 Å². The van der Waals surface area contributed by atoms with Crippen LogP contribution >= 0.6 is 0 Å². The van der Waals surface area contributed by atoms with Gasteiger partial charge in [-0.1, -0.05) is 18.2 Å². The summed E-state index contributed by atoms with van der Waals surface area (Å²) in [5.74, 6) is -0.102. The zero-order valence-electron chi connectivity index (χ0n) is 18.0. The molecule has 0 saturated carbocycles. The third-order valence-corrected chi connectivity index (χ3v) is 5.90. The number of rotatable bonds is 3. The average Bonchev–Trinajstić information content (AvgIpc) is 3.45. The molecule has 1 amide bonds. The highest BCUT2D eigenvalue weighted by Gasteiger charge is 2.37. The number of nitrogens with zero attached hydrogens (tertiary/aromatic N) is 6. The molecule has 4 aromatic rings. The highest BCUT2D eigenvalue weighted by Crippen LogP contribution is 2.34. The molecular formula is C23H19F3N6O2. The molecule has 11 heteroatoms. The van der Waals surface area contributed by atoms with Gasteiger partial charge in [-0.3, -0.25) is 14.0 Å². The number of aryl methyl sites for hydroxylation is 1. The van der Waals surface area contributed by atoms with Crippen LogP contribution in [0.3, 0.4) is 0 Å². The van der Waals surface area contributed by atoms with Gasteiger partial charge in [-0.25, -0.2) is 4.68 Å². The summed E-state index contributed by atoms with van der Waals surface area (Å²) in [7, 11) is 0. The van der Waals surface area contributed by atoms with Crippen molar-refractivity contribution < 1.29 is 18.0 Å². The van der Waals surface area contributed by atoms with E-state index < -0.39 is 34.8 Å². The molecule has 0 bridgehead atoms. The predicted octanol–water partition coefficient (Wildman–Crippen LogP) is 3.58. The zero-order chi connectivity index (χ0) is 24.0. The summed E-state index contributed by atoms with van der Waals surface area (Å²) in [4.78, 5) is 27.7. The maximum atomic E-state index is 13.6. The van der Waals surface area contributed by atoms with E-state index in [1.165, 1.54) is 30.0 Å². The number of hydrogen-bond acceptors (Lipinski definition) is 5. The molecule has 4 heterocycles. The summed E-state index contributed by atoms with van der Waals surface area (Å²) in [6, 6.07) is 11.0. The summed E-state index contributed by atoms with van der Waals surface area (Å²) in [5, 5.41) is 12.5. The van der Waals surface area contributed by atoms with E-state index in [2.05, 4.69) is 15.3 Å². The van der Waals surface area contributed by atoms with Crippen LogP contribution in [-0.4, -0.2) is 41.7 Å². The second-order valence-electron chi connectivity index (χ2n) is 8.07. The van der Waals surface area contributed by atoms with E-state index in [-0.39, 0.29) is 11.4 Å². The zero-order valence-corrected chi connectivity index (χ0v) is 18.0. The van der Waals surface area contributed by atoms with E-state index in [0.717, 1.165) is 16.8 Å². The molecule has 0 radical (unpaired) electrons. The van der Waals surface area contributed by atoms with Crippen molar-refractivity contribution >= 4 is 11.6 Å². The SMILES string of the molecule is Cc1cc(=O)c(C(=O)N2CCC[C@@H]2c2nnc3ccccn23)nn1-c1ccccc1C(F)(F)F. The quantitative estimate of drug-likeness (QED) is 0.459. The largest absolute Gasteiger partial charge is 0.418 e. The molecule has 3 aromatic heterocycles. The number of halogens is 3. The van der Waals surface area contributed by atoms with Gasteiger partial charge < -0.3 is 4.90 Å². The van der Waals surface area contributed by atoms with Gasteiger partial charge in [0.1, 0.15) is 0 Å². The summed E-state index contributed by atoms with van der Waals surface area (Å²) in [6.45, 7) is 1.83. The standard InChI is InChI=1S/C23H19F3N6O2/c1-14-13-18(33)20(29-32(14)16-8-3-2-7-15(16)23(24,25)26)22(34)30-12-6-9-17(30)21-28-27-19-10-4-5-11-31(19)21/h2-5,7-8,10-11,13,17H,6,9,12H2,1H3/t17-/m1/s1. The van der Waals surface area contributed by atoms with Crippen molar-refractivity contribution in [3.63, 3.8) is 0 Å². The number of hydrogen-bond donors (Lipinski definition) is 0. The Morgan fingerprint density at radius 1 is 1.09 bits per heavy atom. The minimum absolute atomic E-state index is 0.180. The van der Waals surface area contributed by atoms with E-state index in [4.69, 9.17) is 0 Å². The molecule has 1 fully saturated rings. The Morgan fingerprint density at radius 2 is 1.85 bits per heavy atom. The fourth-order valence-electron chi connectivity index (χ4n) is 4.34. The van der Waals surface area contributed by atoms with Crippen molar-refractivity contribution in [3.05, 3.63) is 87.7 Å². The second-order valence-corrected chi connectivity index (χ2v) is 8.07. The first-order chi connectivity index (χ1) is 16.3. The number of carbonyl (C=O) groups is 1. The minimum Gasteiger partial charge on any atom is -0.327 e. The van der Waals surface area contributed by atoms with E-state index in [9.17, 15) is 22.8 Å². The van der Waals surface area contributed by atoms with Gasteiger partial charge in [-0.2, -0.15) is 18.3 Å². The van der Waals surface area contributed by atoms with Gasteiger partial charge in [0.2, 0.25) is 5.43 Å². The molecule has 1 aliphatic rings. The molecule has 34 heavy (non-hydrogen) atoms. The molecule has 1 atom stereocenters. The van der Waals surface area contributed by atoms with E-state index in [1.807, 2.05) is 12.1 Å². The van der Waals surface area contributed by atoms with Crippen LogP contribution in [0.4, 0.5) is 13.2 Å². The van der Waals surface area contributed by atoms with Crippen LogP contribution < -0.4 is 5.43 Å². The Bertz CT molecular complexity index is 1460. The summed E-state index contributed by atoms with van der Waals surface area (Å²) in [6.07, 6.45) is -1.56. The molecule has 0 spiro atoms. The van der Waals surface area contributed by atoms with Crippen LogP contribution in [0.15, 0.2) is 59.5 Å². The van der Waals surface area contributed by atoms with Gasteiger partial charge in [0.25, 0.3) is 5.91 Å². The third kappa shape index (κ3) is 3.62. The monoisotopic (exact) mass is 468 g/mol. The number of para-hydroxylation sites is 1. The number of fused-ring (bicyclic) bond motifs is 1. The Hall–Kier alpha value is -4.02. The lowest BCUT2D eigenvalue weighted by molar-refractivity contribution is -0.137. The first kappa shape index (κ1) is 21.8. The molecule has 0 N–H and O–H groups in total. The maximum Gasteiger partial charge on any atom is 0.418 e. The highest BCUT2D eigenvalue weighted by molar-refractivity contribution is 5.92. The maximum absolute atomic E-state index is 13.6. The van der Waals surface area contributed by atoms with E-state index in [1.54, 1.807) is 16.7 Å². The van der Waals surface area contributed by atoms with Crippen LogP contribution in [0.25, 0.3) is 11.3 Å². The van der Waals surface area contributed by atoms with Gasteiger partial charge >= 0.3 is 6.18 Å². The minimum atomic E-state index is -4.63. The van der Waals surface area contributed by atoms with Crippen molar-refractivity contribution in [2.45, 2.75) is 32.0 Å². The number of alkyl halides is 3. The topological polar surface area (TPSA) is 85.4 Å². The molecule has 5 rings (SSSR count). The van der Waals surface area contributed by atoms with Crippen molar-refractivity contribution in [2.75, 3.05) is 6.54 Å². The Morgan fingerprint density at radius 3 is 2.65 bits per heavy atom. The average molecular weight is 468 g/mol. The number of likely N-dealkylation sites (tertiary alicyclic amines) is 1. The molecule has 0 unspecified atom stereocenters. The molecule has 0 aliphatic carbocycles. The third-order valence-electron chi connectivity index (χ3n) is 5.90. The lowest BCUT2D eigenvalue weighted by atomic mass is 10.1. The summed E-state index contributed by atoms with van der Waals surface area (Å²) < 4.78 is 43.5. The fourth-order valence-corrected chi connectivity index (χ4v) is 4.34. The molecule has 1 aliphatic heterocycles. The van der Waals surface area contributed by atoms with Crippen LogP contribution in [0.5, 0.6) is 0 Å². The van der Waals surface area contributed by atoms with Crippen LogP contribution in [-0.2, 0) is 6.18 Å². The fraction of sp³-hybridized carbons (Fsp3) is 0.261. The number of carbonyl (C=O) groups excluding carboxylic acids is 1. The van der Waals surface area contributed by atoms with E-state index in [0.29, 0.717) is 30.9 Å². The van der Waals surface area contributed by atoms with Crippen molar-refractivity contribution in [1.82, 2.24) is 29.3 Å². The Labute approximate surface area is 191 Å². The van der Waals surface area contributed by atoms with Crippen molar-refractivity contribution in [2.24, 2.45) is 0 Å². The number of aromatic nitrogens is 5. The van der Waals surface area contributed by atoms with Crippen molar-refractivity contribution in [3.8, 4) is 5.69 Å². The van der Waals surface area contributed by atoms with Gasteiger partial charge in [-0.15, -0.1) is 10.2 Å². The molecule has 1 saturated heterocycles. The van der Waals surface area contributed by atoms with Gasteiger partial charge in [0, 0.05) is 24.5 Å². The molecule has 1 aromatic carbocycles. The van der Waals surface area contributed by atoms with Gasteiger partial charge in [0.05, 0.1) is 17.3 Å². The lowest BCUT2D eigenvalue weighted by Gasteiger charge is -2.23. The second kappa shape index (κ2) is 8.08. The summed E-state index contributed by atoms with van der Waals surface area (Å²) in [5.41, 5.74) is -1.47. The predicted molar refractivity (Wildman–Crippen MR) is 116 cm³/mol. The van der Waals surface area contributed by atoms with E-state index >= 15 is 0 Å². The normalized spacial score (nSPS) is 16.4. The first-order valence-corrected chi connectivity index (χ1v) is 10.6. The lowest BCUT2D eigenvalue weighted by Crippen LogP contribution is -2.36. The first-order valence-electron chi connectivity index (χ1n) is 10.6. The number of benzene rings is 1. The summed E-state index contributed by atoms with van der Waals surface area (Å²) >= 11 is 0. The molecule has 8 nitrogen and oxygen atoms in total. The van der Waals surface area contributed by atoms with Crippen molar-refractivity contribution in [1.29, 1.82) is 0 Å². The number of pyridine rings is 1. The Balaban J connectivity index is 1.57. The molecule has 174 valence electrons. The van der Waals surface area contributed by atoms with Crippen LogP contribution in [0, 0.1) is 6.92 Å². The van der Waals surface area contributed by atoms with Gasteiger partial charge in [0.15, 0.2) is 17.2 Å². The smallest absolute Gasteiger partial charge is 0.327 e. The highest BCUT2D eigenvalue weighted by atomic mass is 19.4. The van der Waals surface area contributed by atoms with Crippen LogP contribution in [0.2, 0.25) is 0 Å². The van der Waals surface area contributed by atoms with Gasteiger partial charge in [-0.05, 0) is 44.0 Å². The Kier molecular flexibility index (Phi) is 5.18.